The smallest absolute Gasteiger partial charge is 0.337 e. The summed E-state index contributed by atoms with van der Waals surface area (Å²) in [5.74, 6) is 0.525. The molecule has 2 aromatic rings. The molecule has 0 saturated heterocycles. The molecule has 1 heterocycles. The monoisotopic (exact) mass is 399 g/mol. The van der Waals surface area contributed by atoms with Crippen molar-refractivity contribution in [3.63, 3.8) is 0 Å². The van der Waals surface area contributed by atoms with Gasteiger partial charge in [-0.25, -0.2) is 20.2 Å². The first kappa shape index (κ1) is 22.3. The molecule has 0 aliphatic carbocycles. The molecule has 8 nitrogen and oxygen atoms in total. The van der Waals surface area contributed by atoms with Crippen LogP contribution in [0.3, 0.4) is 0 Å². The number of amides is 1. The Kier molecular flexibility index (Phi) is 9.04. The van der Waals surface area contributed by atoms with Gasteiger partial charge in [-0.05, 0) is 36.6 Å². The van der Waals surface area contributed by atoms with Crippen molar-refractivity contribution in [3.8, 4) is 0 Å². The number of unbranched alkanes of at least 4 members (excludes halogenated alkanes) is 1. The van der Waals surface area contributed by atoms with E-state index in [1.165, 1.54) is 12.1 Å². The second kappa shape index (κ2) is 11.8. The third-order valence-corrected chi connectivity index (χ3v) is 4.21. The topological polar surface area (TPSA) is 96.5 Å². The van der Waals surface area contributed by atoms with Crippen LogP contribution in [0.5, 0.6) is 0 Å². The molecule has 2 N–H and O–H groups in total. The van der Waals surface area contributed by atoms with Crippen molar-refractivity contribution in [1.82, 2.24) is 15.4 Å². The number of benzene rings is 1. The maximum absolute atomic E-state index is 12.5. The maximum atomic E-state index is 12.5. The van der Waals surface area contributed by atoms with Crippen LogP contribution >= 0.6 is 0 Å². The van der Waals surface area contributed by atoms with Crippen molar-refractivity contribution in [2.24, 2.45) is 0 Å². The van der Waals surface area contributed by atoms with E-state index in [4.69, 9.17) is 4.74 Å². The van der Waals surface area contributed by atoms with Gasteiger partial charge in [0.05, 0.1) is 12.7 Å². The molecule has 2 rings (SSSR count). The van der Waals surface area contributed by atoms with Gasteiger partial charge in [-0.15, -0.1) is 0 Å². The highest BCUT2D eigenvalue weighted by Crippen LogP contribution is 2.13. The Balaban J connectivity index is 2.06. The van der Waals surface area contributed by atoms with E-state index in [0.717, 1.165) is 24.8 Å². The van der Waals surface area contributed by atoms with E-state index in [-0.39, 0.29) is 11.9 Å². The Hall–Kier alpha value is -3.00. The van der Waals surface area contributed by atoms with E-state index in [2.05, 4.69) is 27.6 Å². The predicted molar refractivity (Wildman–Crippen MR) is 112 cm³/mol. The summed E-state index contributed by atoms with van der Waals surface area (Å²) in [5, 5.41) is 4.66. The van der Waals surface area contributed by atoms with Gasteiger partial charge in [-0.2, -0.15) is 4.98 Å². The fourth-order valence-electron chi connectivity index (χ4n) is 2.56. The number of carbonyl (C=O) groups excluding carboxylic acids is 2. The van der Waals surface area contributed by atoms with Crippen molar-refractivity contribution in [2.45, 2.75) is 46.1 Å². The number of anilines is 2. The number of rotatable bonds is 11. The molecule has 0 aliphatic heterocycles. The lowest BCUT2D eigenvalue weighted by molar-refractivity contribution is -0.119. The summed E-state index contributed by atoms with van der Waals surface area (Å²) in [6.45, 7) is 5.26. The fraction of sp³-hybridized carbons (Fsp3) is 0.429. The summed E-state index contributed by atoms with van der Waals surface area (Å²) >= 11 is 0. The average Bonchev–Trinajstić information content (AvgIpc) is 2.76. The lowest BCUT2D eigenvalue weighted by Gasteiger charge is -2.21. The normalized spacial score (nSPS) is 10.4. The van der Waals surface area contributed by atoms with Crippen LogP contribution in [0.1, 0.15) is 55.5 Å². The highest BCUT2D eigenvalue weighted by atomic mass is 16.5. The van der Waals surface area contributed by atoms with Crippen molar-refractivity contribution < 1.29 is 14.3 Å². The molecule has 0 atom stereocenters. The quantitative estimate of drug-likeness (QED) is 0.442. The predicted octanol–water partition coefficient (Wildman–Crippen LogP) is 3.31. The van der Waals surface area contributed by atoms with Gasteiger partial charge in [0, 0.05) is 25.7 Å². The van der Waals surface area contributed by atoms with Gasteiger partial charge in [0.15, 0.2) is 0 Å². The van der Waals surface area contributed by atoms with Gasteiger partial charge in [0.1, 0.15) is 5.82 Å². The lowest BCUT2D eigenvalue weighted by atomic mass is 10.1. The van der Waals surface area contributed by atoms with Crippen LogP contribution in [0.25, 0.3) is 0 Å². The Bertz CT molecular complexity index is 795. The second-order valence-electron chi connectivity index (χ2n) is 6.52. The van der Waals surface area contributed by atoms with E-state index >= 15 is 0 Å². The highest BCUT2D eigenvalue weighted by Gasteiger charge is 2.18. The van der Waals surface area contributed by atoms with Crippen LogP contribution in [0.4, 0.5) is 11.8 Å². The van der Waals surface area contributed by atoms with Crippen molar-refractivity contribution in [1.29, 1.82) is 0 Å². The minimum atomic E-state index is -0.364. The summed E-state index contributed by atoms with van der Waals surface area (Å²) in [4.78, 5) is 32.8. The Morgan fingerprint density at radius 1 is 1.10 bits per heavy atom. The molecule has 1 amide bonds. The van der Waals surface area contributed by atoms with Crippen molar-refractivity contribution in [2.75, 3.05) is 24.0 Å². The van der Waals surface area contributed by atoms with Crippen LogP contribution in [-0.2, 0) is 16.1 Å². The third-order valence-electron chi connectivity index (χ3n) is 4.21. The number of hydrogen-bond donors (Lipinski definition) is 2. The first-order chi connectivity index (χ1) is 14.1. The number of nitrogens with one attached hydrogen (secondary N) is 2. The first-order valence-corrected chi connectivity index (χ1v) is 9.89. The molecule has 156 valence electrons. The highest BCUT2D eigenvalue weighted by molar-refractivity contribution is 5.90. The van der Waals surface area contributed by atoms with Gasteiger partial charge in [0.2, 0.25) is 11.9 Å². The number of methoxy groups -OCH3 is 1. The molecular formula is C21H29N5O3. The van der Waals surface area contributed by atoms with Crippen molar-refractivity contribution in [3.05, 3.63) is 47.7 Å². The molecule has 1 aromatic heterocycles. The Labute approximate surface area is 171 Å². The molecule has 0 spiro atoms. The summed E-state index contributed by atoms with van der Waals surface area (Å²) in [6.07, 6.45) is 4.73. The van der Waals surface area contributed by atoms with Crippen LogP contribution in [0, 0.1) is 0 Å². The molecule has 8 heteroatoms. The number of aromatic nitrogens is 2. The zero-order chi connectivity index (χ0) is 21.1. The average molecular weight is 399 g/mol. The largest absolute Gasteiger partial charge is 0.465 e. The summed E-state index contributed by atoms with van der Waals surface area (Å²) in [7, 11) is 1.36. The summed E-state index contributed by atoms with van der Waals surface area (Å²) < 4.78 is 4.70. The number of carbonyl (C=O) groups is 2. The number of ether oxygens (including phenoxy) is 1. The molecular weight excluding hydrogens is 370 g/mol. The van der Waals surface area contributed by atoms with E-state index in [1.807, 2.05) is 19.1 Å². The molecule has 0 saturated carbocycles. The van der Waals surface area contributed by atoms with E-state index in [0.29, 0.717) is 36.8 Å². The Morgan fingerprint density at radius 2 is 1.86 bits per heavy atom. The number of hydrogen-bond acceptors (Lipinski definition) is 7. The second-order valence-corrected chi connectivity index (χ2v) is 6.52. The van der Waals surface area contributed by atoms with Crippen LogP contribution in [-0.4, -0.2) is 35.5 Å². The molecule has 0 aliphatic rings. The van der Waals surface area contributed by atoms with Crippen LogP contribution in [0.2, 0.25) is 0 Å². The molecule has 0 fully saturated rings. The maximum Gasteiger partial charge on any atom is 0.337 e. The zero-order valence-corrected chi connectivity index (χ0v) is 17.3. The molecule has 0 bridgehead atoms. The van der Waals surface area contributed by atoms with E-state index in [9.17, 15) is 9.59 Å². The standard InChI is InChI=1S/C21H29N5O3/c1-4-6-7-19(27)26(24-13-5-2)21-22-14-12-18(25-21)23-15-16-8-10-17(11-9-16)20(28)29-3/h8-12,14,24H,4-7,13,15H2,1-3H3,(H,22,23,25). The zero-order valence-electron chi connectivity index (χ0n) is 17.3. The van der Waals surface area contributed by atoms with E-state index in [1.54, 1.807) is 24.4 Å². The lowest BCUT2D eigenvalue weighted by Crippen LogP contribution is -2.44. The van der Waals surface area contributed by atoms with Gasteiger partial charge in [-0.1, -0.05) is 32.4 Å². The number of nitrogens with zero attached hydrogens (tertiary/aromatic N) is 3. The first-order valence-electron chi connectivity index (χ1n) is 9.89. The fourth-order valence-corrected chi connectivity index (χ4v) is 2.56. The minimum Gasteiger partial charge on any atom is -0.465 e. The van der Waals surface area contributed by atoms with Gasteiger partial charge < -0.3 is 10.1 Å². The minimum absolute atomic E-state index is 0.0455. The molecule has 0 radical (unpaired) electrons. The molecule has 0 unspecified atom stereocenters. The number of hydrazine groups is 1. The summed E-state index contributed by atoms with van der Waals surface area (Å²) in [5.41, 5.74) is 4.59. The van der Waals surface area contributed by atoms with Crippen LogP contribution in [0.15, 0.2) is 36.5 Å². The Morgan fingerprint density at radius 3 is 2.52 bits per heavy atom. The SMILES string of the molecule is CCCCC(=O)N(NCCC)c1nccc(NCc2ccc(C(=O)OC)cc2)n1. The van der Waals surface area contributed by atoms with E-state index < -0.39 is 0 Å². The van der Waals surface area contributed by atoms with Gasteiger partial charge >= 0.3 is 5.97 Å². The summed E-state index contributed by atoms with van der Waals surface area (Å²) in [6, 6.07) is 8.89. The van der Waals surface area contributed by atoms with Gasteiger partial charge in [-0.3, -0.25) is 4.79 Å². The molecule has 29 heavy (non-hydrogen) atoms. The number of esters is 1. The van der Waals surface area contributed by atoms with Crippen LogP contribution < -0.4 is 15.8 Å². The van der Waals surface area contributed by atoms with Gasteiger partial charge in [0.25, 0.3) is 0 Å². The molecule has 1 aromatic carbocycles. The van der Waals surface area contributed by atoms with Crippen molar-refractivity contribution >= 4 is 23.6 Å². The third kappa shape index (κ3) is 6.83.